The van der Waals surface area contributed by atoms with Crippen LogP contribution in [0, 0.1) is 5.82 Å². The molecule has 0 amide bonds. The maximum Gasteiger partial charge on any atom is 0.162 e. The third-order valence-corrected chi connectivity index (χ3v) is 4.29. The molecule has 2 aromatic carbocycles. The van der Waals surface area contributed by atoms with E-state index in [2.05, 4.69) is 15.9 Å². The van der Waals surface area contributed by atoms with Crippen LogP contribution in [0.1, 0.15) is 17.2 Å². The number of ether oxygens (including phenoxy) is 2. The molecule has 1 aliphatic rings. The first-order valence-electron chi connectivity index (χ1n) is 6.36. The van der Waals surface area contributed by atoms with Crippen molar-refractivity contribution in [3.63, 3.8) is 0 Å². The molecular weight excluding hydrogens is 361 g/mol. The SMILES string of the molecule is NC(c1ccc(Cl)c(F)c1)c1cc2c(cc1Br)OCCO2. The van der Waals surface area contributed by atoms with Gasteiger partial charge in [0.15, 0.2) is 11.5 Å². The molecule has 0 aromatic heterocycles. The molecule has 3 rings (SSSR count). The van der Waals surface area contributed by atoms with E-state index in [-0.39, 0.29) is 5.02 Å². The van der Waals surface area contributed by atoms with Gasteiger partial charge in [0, 0.05) is 4.47 Å². The largest absolute Gasteiger partial charge is 0.486 e. The summed E-state index contributed by atoms with van der Waals surface area (Å²) in [6.07, 6.45) is 0. The summed E-state index contributed by atoms with van der Waals surface area (Å²) < 4.78 is 25.4. The Kier molecular flexibility index (Phi) is 4.06. The Balaban J connectivity index is 2.00. The van der Waals surface area contributed by atoms with Gasteiger partial charge >= 0.3 is 0 Å². The van der Waals surface area contributed by atoms with E-state index in [0.29, 0.717) is 30.3 Å². The molecule has 2 aromatic rings. The van der Waals surface area contributed by atoms with Crippen molar-refractivity contribution in [2.45, 2.75) is 6.04 Å². The Morgan fingerprint density at radius 1 is 1.14 bits per heavy atom. The zero-order valence-corrected chi connectivity index (χ0v) is 13.2. The maximum absolute atomic E-state index is 13.6. The lowest BCUT2D eigenvalue weighted by Crippen LogP contribution is -2.17. The minimum atomic E-state index is -0.498. The lowest BCUT2D eigenvalue weighted by atomic mass is 9.99. The minimum absolute atomic E-state index is 0.0761. The van der Waals surface area contributed by atoms with E-state index in [9.17, 15) is 4.39 Å². The number of fused-ring (bicyclic) bond motifs is 1. The molecule has 0 spiro atoms. The van der Waals surface area contributed by atoms with Gasteiger partial charge in [-0.15, -0.1) is 0 Å². The summed E-state index contributed by atoms with van der Waals surface area (Å²) >= 11 is 9.17. The van der Waals surface area contributed by atoms with Gasteiger partial charge in [-0.2, -0.15) is 0 Å². The molecule has 6 heteroatoms. The molecule has 1 unspecified atom stereocenters. The van der Waals surface area contributed by atoms with Gasteiger partial charge in [-0.1, -0.05) is 33.6 Å². The van der Waals surface area contributed by atoms with E-state index < -0.39 is 11.9 Å². The first-order valence-corrected chi connectivity index (χ1v) is 7.53. The monoisotopic (exact) mass is 371 g/mol. The predicted molar refractivity (Wildman–Crippen MR) is 82.6 cm³/mol. The second kappa shape index (κ2) is 5.83. The minimum Gasteiger partial charge on any atom is -0.486 e. The first-order chi connectivity index (χ1) is 10.1. The van der Waals surface area contributed by atoms with Crippen LogP contribution in [0.4, 0.5) is 4.39 Å². The van der Waals surface area contributed by atoms with Crippen molar-refractivity contribution < 1.29 is 13.9 Å². The molecule has 3 nitrogen and oxygen atoms in total. The molecule has 1 atom stereocenters. The van der Waals surface area contributed by atoms with Crippen LogP contribution in [-0.2, 0) is 0 Å². The molecule has 21 heavy (non-hydrogen) atoms. The van der Waals surface area contributed by atoms with Crippen LogP contribution < -0.4 is 15.2 Å². The molecule has 0 saturated carbocycles. The van der Waals surface area contributed by atoms with E-state index in [1.54, 1.807) is 6.07 Å². The van der Waals surface area contributed by atoms with Crippen molar-refractivity contribution in [1.29, 1.82) is 0 Å². The van der Waals surface area contributed by atoms with E-state index in [1.807, 2.05) is 12.1 Å². The molecule has 0 bridgehead atoms. The Hall–Kier alpha value is -1.30. The third-order valence-electron chi connectivity index (χ3n) is 3.30. The molecule has 110 valence electrons. The van der Waals surface area contributed by atoms with E-state index >= 15 is 0 Å². The summed E-state index contributed by atoms with van der Waals surface area (Å²) in [5.41, 5.74) is 7.66. The van der Waals surface area contributed by atoms with Crippen LogP contribution in [0.25, 0.3) is 0 Å². The van der Waals surface area contributed by atoms with Crippen molar-refractivity contribution >= 4 is 27.5 Å². The Morgan fingerprint density at radius 3 is 2.48 bits per heavy atom. The summed E-state index contributed by atoms with van der Waals surface area (Å²) in [5.74, 6) is 0.828. The molecular formula is C15H12BrClFNO2. The summed E-state index contributed by atoms with van der Waals surface area (Å²) in [5, 5.41) is 0.0761. The fourth-order valence-electron chi connectivity index (χ4n) is 2.20. The fourth-order valence-corrected chi connectivity index (χ4v) is 2.89. The van der Waals surface area contributed by atoms with Gasteiger partial charge in [-0.3, -0.25) is 0 Å². The van der Waals surface area contributed by atoms with Crippen LogP contribution >= 0.6 is 27.5 Å². The van der Waals surface area contributed by atoms with E-state index in [1.165, 1.54) is 12.1 Å². The normalized spacial score (nSPS) is 14.9. The molecule has 0 radical (unpaired) electrons. The zero-order chi connectivity index (χ0) is 15.0. The topological polar surface area (TPSA) is 44.5 Å². The molecule has 0 fully saturated rings. The Morgan fingerprint density at radius 2 is 1.81 bits per heavy atom. The highest BCUT2D eigenvalue weighted by atomic mass is 79.9. The Bertz CT molecular complexity index is 696. The van der Waals surface area contributed by atoms with Crippen molar-refractivity contribution in [2.24, 2.45) is 5.73 Å². The van der Waals surface area contributed by atoms with Gasteiger partial charge in [-0.05, 0) is 35.4 Å². The second-order valence-electron chi connectivity index (χ2n) is 4.67. The van der Waals surface area contributed by atoms with Crippen LogP contribution in [-0.4, -0.2) is 13.2 Å². The maximum atomic E-state index is 13.6. The molecule has 0 aliphatic carbocycles. The predicted octanol–water partition coefficient (Wildman–Crippen LogP) is 4.06. The smallest absolute Gasteiger partial charge is 0.162 e. The highest BCUT2D eigenvalue weighted by Gasteiger charge is 2.20. The summed E-state index contributed by atoms with van der Waals surface area (Å²) in [4.78, 5) is 0. The second-order valence-corrected chi connectivity index (χ2v) is 5.93. The van der Waals surface area contributed by atoms with E-state index in [4.69, 9.17) is 26.8 Å². The number of rotatable bonds is 2. The standard InChI is InChI=1S/C15H12BrClFNO2/c16-10-7-14-13(20-3-4-21-14)6-9(10)15(19)8-1-2-11(17)12(18)5-8/h1-2,5-7,15H,3-4,19H2. The van der Waals surface area contributed by atoms with Gasteiger partial charge in [0.05, 0.1) is 11.1 Å². The summed E-state index contributed by atoms with van der Waals surface area (Å²) in [7, 11) is 0. The van der Waals surface area contributed by atoms with Crippen LogP contribution in [0.2, 0.25) is 5.02 Å². The summed E-state index contributed by atoms with van der Waals surface area (Å²) in [6.45, 7) is 1.02. The molecule has 1 heterocycles. The lowest BCUT2D eigenvalue weighted by molar-refractivity contribution is 0.171. The third kappa shape index (κ3) is 2.86. The summed E-state index contributed by atoms with van der Waals surface area (Å²) in [6, 6.07) is 7.68. The highest BCUT2D eigenvalue weighted by molar-refractivity contribution is 9.10. The lowest BCUT2D eigenvalue weighted by Gasteiger charge is -2.22. The van der Waals surface area contributed by atoms with Crippen LogP contribution in [0.15, 0.2) is 34.8 Å². The quantitative estimate of drug-likeness (QED) is 0.864. The van der Waals surface area contributed by atoms with Gasteiger partial charge in [0.2, 0.25) is 0 Å². The molecule has 0 saturated heterocycles. The van der Waals surface area contributed by atoms with Gasteiger partial charge in [0.1, 0.15) is 19.0 Å². The highest BCUT2D eigenvalue weighted by Crippen LogP contribution is 2.39. The number of hydrogen-bond acceptors (Lipinski definition) is 3. The zero-order valence-electron chi connectivity index (χ0n) is 10.9. The molecule has 1 aliphatic heterocycles. The van der Waals surface area contributed by atoms with Crippen molar-refractivity contribution in [3.8, 4) is 11.5 Å². The van der Waals surface area contributed by atoms with Crippen LogP contribution in [0.3, 0.4) is 0 Å². The first kappa shape index (κ1) is 14.6. The van der Waals surface area contributed by atoms with Gasteiger partial charge in [-0.25, -0.2) is 4.39 Å². The average molecular weight is 373 g/mol. The fraction of sp³-hybridized carbons (Fsp3) is 0.200. The van der Waals surface area contributed by atoms with Gasteiger partial charge < -0.3 is 15.2 Å². The average Bonchev–Trinajstić information content (AvgIpc) is 2.48. The number of benzene rings is 2. The van der Waals surface area contributed by atoms with E-state index in [0.717, 1.165) is 10.0 Å². The Labute approximate surface area is 134 Å². The van der Waals surface area contributed by atoms with Crippen LogP contribution in [0.5, 0.6) is 11.5 Å². The van der Waals surface area contributed by atoms with Crippen molar-refractivity contribution in [3.05, 3.63) is 56.8 Å². The number of nitrogens with two attached hydrogens (primary N) is 1. The number of hydrogen-bond donors (Lipinski definition) is 1. The van der Waals surface area contributed by atoms with Crippen molar-refractivity contribution in [2.75, 3.05) is 13.2 Å². The number of halogens is 3. The molecule has 2 N–H and O–H groups in total. The van der Waals surface area contributed by atoms with Gasteiger partial charge in [0.25, 0.3) is 0 Å². The van der Waals surface area contributed by atoms with Crippen molar-refractivity contribution in [1.82, 2.24) is 0 Å².